The monoisotopic (exact) mass is 371 g/mol. The fourth-order valence-corrected chi connectivity index (χ4v) is 2.98. The second-order valence-electron chi connectivity index (χ2n) is 5.29. The fraction of sp³-hybridized carbons (Fsp3) is 0.167. The van der Waals surface area contributed by atoms with Gasteiger partial charge in [0, 0.05) is 16.9 Å². The van der Waals surface area contributed by atoms with Crippen LogP contribution in [-0.4, -0.2) is 30.3 Å². The number of thioether (sulfide) groups is 1. The maximum Gasteiger partial charge on any atom is 0.277 e. The van der Waals surface area contributed by atoms with Gasteiger partial charge in [0.05, 0.1) is 14.2 Å². The number of carbonyl (C=O) groups excluding carboxylic acids is 1. The predicted octanol–water partition coefficient (Wildman–Crippen LogP) is 3.15. The summed E-state index contributed by atoms with van der Waals surface area (Å²) in [7, 11) is 3.15. The highest BCUT2D eigenvalue weighted by molar-refractivity contribution is 7.98. The molecule has 1 amide bonds. The number of methoxy groups -OCH3 is 2. The third kappa shape index (κ3) is 3.97. The normalized spacial score (nSPS) is 10.5. The van der Waals surface area contributed by atoms with Crippen molar-refractivity contribution in [2.45, 2.75) is 11.0 Å². The molecule has 0 fully saturated rings. The highest BCUT2D eigenvalue weighted by Crippen LogP contribution is 2.33. The van der Waals surface area contributed by atoms with Crippen LogP contribution in [0.15, 0.2) is 52.1 Å². The largest absolute Gasteiger partial charge is 0.493 e. The van der Waals surface area contributed by atoms with Crippen LogP contribution in [-0.2, 0) is 5.75 Å². The first-order valence-electron chi connectivity index (χ1n) is 7.68. The van der Waals surface area contributed by atoms with E-state index in [1.54, 1.807) is 38.5 Å². The minimum Gasteiger partial charge on any atom is -0.493 e. The van der Waals surface area contributed by atoms with Crippen molar-refractivity contribution in [1.29, 1.82) is 0 Å². The molecule has 8 heteroatoms. The minimum absolute atomic E-state index is 0.400. The number of nitrogens with two attached hydrogens (primary N) is 1. The minimum atomic E-state index is -0.444. The Balaban J connectivity index is 1.69. The van der Waals surface area contributed by atoms with Crippen LogP contribution in [0.25, 0.3) is 11.5 Å². The maximum absolute atomic E-state index is 11.1. The summed E-state index contributed by atoms with van der Waals surface area (Å²) >= 11 is 1.41. The van der Waals surface area contributed by atoms with Gasteiger partial charge in [-0.3, -0.25) is 4.79 Å². The zero-order chi connectivity index (χ0) is 18.5. The van der Waals surface area contributed by atoms with Crippen LogP contribution in [0.4, 0.5) is 0 Å². The van der Waals surface area contributed by atoms with Gasteiger partial charge < -0.3 is 19.6 Å². The molecule has 7 nitrogen and oxygen atoms in total. The SMILES string of the molecule is COc1ccc(-c2nnc(SCc3ccc(C(N)=O)cc3)o2)cc1OC. The third-order valence-electron chi connectivity index (χ3n) is 3.64. The Labute approximate surface area is 154 Å². The van der Waals surface area contributed by atoms with Crippen LogP contribution in [0.2, 0.25) is 0 Å². The highest BCUT2D eigenvalue weighted by Gasteiger charge is 2.12. The molecule has 0 aliphatic carbocycles. The number of primary amides is 1. The molecule has 26 heavy (non-hydrogen) atoms. The second kappa shape index (κ2) is 7.92. The molecule has 0 atom stereocenters. The molecule has 0 saturated heterocycles. The van der Waals surface area contributed by atoms with E-state index >= 15 is 0 Å². The number of benzene rings is 2. The predicted molar refractivity (Wildman–Crippen MR) is 97.4 cm³/mol. The van der Waals surface area contributed by atoms with Crippen LogP contribution in [0.3, 0.4) is 0 Å². The van der Waals surface area contributed by atoms with Crippen molar-refractivity contribution >= 4 is 17.7 Å². The average molecular weight is 371 g/mol. The van der Waals surface area contributed by atoms with Gasteiger partial charge in [0.2, 0.25) is 11.8 Å². The van der Waals surface area contributed by atoms with Crippen LogP contribution >= 0.6 is 11.8 Å². The Morgan fingerprint density at radius 3 is 2.46 bits per heavy atom. The van der Waals surface area contributed by atoms with Crippen molar-refractivity contribution in [1.82, 2.24) is 10.2 Å². The van der Waals surface area contributed by atoms with E-state index in [2.05, 4.69) is 10.2 Å². The van der Waals surface area contributed by atoms with E-state index in [0.29, 0.717) is 33.9 Å². The van der Waals surface area contributed by atoms with E-state index in [1.807, 2.05) is 18.2 Å². The summed E-state index contributed by atoms with van der Waals surface area (Å²) in [5.41, 5.74) is 7.47. The summed E-state index contributed by atoms with van der Waals surface area (Å²) in [6.45, 7) is 0. The van der Waals surface area contributed by atoms with Gasteiger partial charge in [0.15, 0.2) is 11.5 Å². The molecule has 2 aromatic carbocycles. The Kier molecular flexibility index (Phi) is 5.43. The van der Waals surface area contributed by atoms with Gasteiger partial charge in [-0.15, -0.1) is 10.2 Å². The molecular weight excluding hydrogens is 354 g/mol. The van der Waals surface area contributed by atoms with Gasteiger partial charge in [-0.05, 0) is 35.9 Å². The summed E-state index contributed by atoms with van der Waals surface area (Å²) in [6, 6.07) is 12.5. The van der Waals surface area contributed by atoms with Gasteiger partial charge in [-0.25, -0.2) is 0 Å². The summed E-state index contributed by atoms with van der Waals surface area (Å²) in [6.07, 6.45) is 0. The fourth-order valence-electron chi connectivity index (χ4n) is 2.26. The Morgan fingerprint density at radius 2 is 1.81 bits per heavy atom. The van der Waals surface area contributed by atoms with Crippen LogP contribution in [0.1, 0.15) is 15.9 Å². The molecule has 0 radical (unpaired) electrons. The van der Waals surface area contributed by atoms with E-state index < -0.39 is 5.91 Å². The lowest BCUT2D eigenvalue weighted by Gasteiger charge is -2.07. The van der Waals surface area contributed by atoms with Gasteiger partial charge in [-0.1, -0.05) is 23.9 Å². The van der Waals surface area contributed by atoms with E-state index in [9.17, 15) is 4.79 Å². The summed E-state index contributed by atoms with van der Waals surface area (Å²) in [4.78, 5) is 11.1. The number of rotatable bonds is 7. The number of carbonyl (C=O) groups is 1. The summed E-state index contributed by atoms with van der Waals surface area (Å²) in [5.74, 6) is 1.81. The lowest BCUT2D eigenvalue weighted by molar-refractivity contribution is 0.100. The molecule has 0 aliphatic heterocycles. The van der Waals surface area contributed by atoms with Gasteiger partial charge in [-0.2, -0.15) is 0 Å². The summed E-state index contributed by atoms with van der Waals surface area (Å²) < 4.78 is 16.2. The van der Waals surface area contributed by atoms with Crippen molar-refractivity contribution in [3.8, 4) is 23.0 Å². The first-order valence-corrected chi connectivity index (χ1v) is 8.66. The van der Waals surface area contributed by atoms with Crippen LogP contribution < -0.4 is 15.2 Å². The Bertz CT molecular complexity index is 909. The molecular formula is C18H17N3O4S. The van der Waals surface area contributed by atoms with Crippen molar-refractivity contribution in [2.24, 2.45) is 5.73 Å². The highest BCUT2D eigenvalue weighted by atomic mass is 32.2. The maximum atomic E-state index is 11.1. The smallest absolute Gasteiger partial charge is 0.277 e. The van der Waals surface area contributed by atoms with E-state index in [-0.39, 0.29) is 0 Å². The Hall–Kier alpha value is -3.00. The first kappa shape index (κ1) is 17.8. The van der Waals surface area contributed by atoms with Gasteiger partial charge >= 0.3 is 0 Å². The third-order valence-corrected chi connectivity index (χ3v) is 4.53. The zero-order valence-electron chi connectivity index (χ0n) is 14.3. The summed E-state index contributed by atoms with van der Waals surface area (Å²) in [5, 5.41) is 8.58. The van der Waals surface area contributed by atoms with E-state index in [1.165, 1.54) is 11.8 Å². The van der Waals surface area contributed by atoms with Gasteiger partial charge in [0.1, 0.15) is 0 Å². The molecule has 0 bridgehead atoms. The zero-order valence-corrected chi connectivity index (χ0v) is 15.1. The van der Waals surface area contributed by atoms with E-state index in [4.69, 9.17) is 19.6 Å². The quantitative estimate of drug-likeness (QED) is 0.637. The Morgan fingerprint density at radius 1 is 1.08 bits per heavy atom. The lowest BCUT2D eigenvalue weighted by Crippen LogP contribution is -2.10. The number of hydrogen-bond donors (Lipinski definition) is 1. The number of aromatic nitrogens is 2. The molecule has 2 N–H and O–H groups in total. The molecule has 0 spiro atoms. The van der Waals surface area contributed by atoms with Crippen LogP contribution in [0, 0.1) is 0 Å². The molecule has 1 heterocycles. The van der Waals surface area contributed by atoms with Crippen molar-refractivity contribution < 1.29 is 18.7 Å². The number of ether oxygens (including phenoxy) is 2. The van der Waals surface area contributed by atoms with Crippen LogP contribution in [0.5, 0.6) is 11.5 Å². The lowest BCUT2D eigenvalue weighted by atomic mass is 10.1. The molecule has 3 rings (SSSR count). The second-order valence-corrected chi connectivity index (χ2v) is 6.22. The number of hydrogen-bond acceptors (Lipinski definition) is 7. The molecule has 134 valence electrons. The van der Waals surface area contributed by atoms with Crippen molar-refractivity contribution in [2.75, 3.05) is 14.2 Å². The van der Waals surface area contributed by atoms with Crippen molar-refractivity contribution in [3.63, 3.8) is 0 Å². The molecule has 0 unspecified atom stereocenters. The molecule has 1 aromatic heterocycles. The van der Waals surface area contributed by atoms with E-state index in [0.717, 1.165) is 11.1 Å². The van der Waals surface area contributed by atoms with Crippen molar-refractivity contribution in [3.05, 3.63) is 53.6 Å². The van der Waals surface area contributed by atoms with Gasteiger partial charge in [0.25, 0.3) is 5.22 Å². The molecule has 0 aliphatic rings. The standard InChI is InChI=1S/C18H17N3O4S/c1-23-14-8-7-13(9-15(14)24-2)17-20-21-18(25-17)26-10-11-3-5-12(6-4-11)16(19)22/h3-9H,10H2,1-2H3,(H2,19,22). The molecule has 3 aromatic rings. The number of amides is 1. The topological polar surface area (TPSA) is 100 Å². The average Bonchev–Trinajstić information content (AvgIpc) is 3.15. The number of nitrogens with zero attached hydrogens (tertiary/aromatic N) is 2. The molecule has 0 saturated carbocycles. The first-order chi connectivity index (χ1) is 12.6.